The van der Waals surface area contributed by atoms with Gasteiger partial charge in [-0.3, -0.25) is 5.41 Å². The normalized spacial score (nSPS) is 15.2. The van der Waals surface area contributed by atoms with E-state index in [1.54, 1.807) is 12.4 Å². The molecular weight excluding hydrogens is 334 g/mol. The van der Waals surface area contributed by atoms with Crippen LogP contribution in [0.5, 0.6) is 0 Å². The Bertz CT molecular complexity index is 583. The summed E-state index contributed by atoms with van der Waals surface area (Å²) in [4.78, 5) is 27.2. The summed E-state index contributed by atoms with van der Waals surface area (Å²) in [6.45, 7) is 5.91. The van der Waals surface area contributed by atoms with E-state index in [2.05, 4.69) is 20.3 Å². The Balaban J connectivity index is 1.81. The van der Waals surface area contributed by atoms with Gasteiger partial charge in [-0.15, -0.1) is 0 Å². The zero-order chi connectivity index (χ0) is 18.9. The van der Waals surface area contributed by atoms with E-state index in [0.29, 0.717) is 23.9 Å². The molecule has 1 aromatic rings. The molecule has 1 aliphatic rings. The second kappa shape index (κ2) is 10.1. The largest absolute Gasteiger partial charge is 0.396 e. The van der Waals surface area contributed by atoms with E-state index in [9.17, 15) is 4.79 Å². The van der Waals surface area contributed by atoms with E-state index in [4.69, 9.17) is 15.4 Å². The van der Waals surface area contributed by atoms with Crippen molar-refractivity contribution in [1.82, 2.24) is 15.4 Å². The SMILES string of the molecule is CC(C)CC(=O)ONC(=N)c1cnc(N2CCC(CCCO)CC2)nc1. The lowest BCUT2D eigenvalue weighted by Gasteiger charge is -2.31. The molecule has 1 saturated heterocycles. The van der Waals surface area contributed by atoms with E-state index in [0.717, 1.165) is 38.8 Å². The minimum absolute atomic E-state index is 0.0450. The maximum Gasteiger partial charge on any atom is 0.332 e. The molecule has 26 heavy (non-hydrogen) atoms. The molecule has 0 spiro atoms. The number of anilines is 1. The van der Waals surface area contributed by atoms with Gasteiger partial charge in [-0.2, -0.15) is 0 Å². The highest BCUT2D eigenvalue weighted by atomic mass is 16.7. The van der Waals surface area contributed by atoms with Gasteiger partial charge in [0, 0.05) is 32.1 Å². The standard InChI is InChI=1S/C18H29N5O3/c1-13(2)10-16(25)26-22-17(19)15-11-20-18(21-12-15)23-7-5-14(6-8-23)4-3-9-24/h11-14,24H,3-10H2,1-2H3,(H2,19,22). The van der Waals surface area contributed by atoms with Gasteiger partial charge < -0.3 is 14.8 Å². The third kappa shape index (κ3) is 6.25. The van der Waals surface area contributed by atoms with Gasteiger partial charge in [0.15, 0.2) is 5.84 Å². The predicted octanol–water partition coefficient (Wildman–Crippen LogP) is 1.88. The van der Waals surface area contributed by atoms with Crippen LogP contribution in [0.25, 0.3) is 0 Å². The quantitative estimate of drug-likeness (QED) is 0.385. The summed E-state index contributed by atoms with van der Waals surface area (Å²) in [6, 6.07) is 0. The molecule has 1 aliphatic heterocycles. The molecule has 0 bridgehead atoms. The molecule has 8 heteroatoms. The monoisotopic (exact) mass is 363 g/mol. The van der Waals surface area contributed by atoms with Crippen LogP contribution in [0.1, 0.15) is 51.5 Å². The summed E-state index contributed by atoms with van der Waals surface area (Å²) in [5.41, 5.74) is 2.81. The number of hydrogen-bond donors (Lipinski definition) is 3. The fourth-order valence-corrected chi connectivity index (χ4v) is 2.96. The number of aromatic nitrogens is 2. The Labute approximate surface area is 154 Å². The second-order valence-corrected chi connectivity index (χ2v) is 7.12. The second-order valence-electron chi connectivity index (χ2n) is 7.12. The van der Waals surface area contributed by atoms with Crippen LogP contribution in [0, 0.1) is 17.2 Å². The van der Waals surface area contributed by atoms with Gasteiger partial charge in [-0.25, -0.2) is 20.2 Å². The average molecular weight is 363 g/mol. The maximum atomic E-state index is 11.5. The number of hydroxylamine groups is 1. The number of aliphatic hydroxyl groups excluding tert-OH is 1. The first-order valence-corrected chi connectivity index (χ1v) is 9.22. The lowest BCUT2D eigenvalue weighted by atomic mass is 9.92. The Morgan fingerprint density at radius 1 is 1.38 bits per heavy atom. The third-order valence-electron chi connectivity index (χ3n) is 4.44. The number of rotatable bonds is 7. The third-order valence-corrected chi connectivity index (χ3v) is 4.44. The molecule has 2 heterocycles. The number of carbonyl (C=O) groups excluding carboxylic acids is 1. The summed E-state index contributed by atoms with van der Waals surface area (Å²) in [5.74, 6) is 1.08. The summed E-state index contributed by atoms with van der Waals surface area (Å²) in [5, 5.41) is 16.8. The van der Waals surface area contributed by atoms with Crippen molar-refractivity contribution in [1.29, 1.82) is 5.41 Å². The Morgan fingerprint density at radius 2 is 2.04 bits per heavy atom. The van der Waals surface area contributed by atoms with Crippen molar-refractivity contribution in [3.63, 3.8) is 0 Å². The summed E-state index contributed by atoms with van der Waals surface area (Å²) >= 11 is 0. The van der Waals surface area contributed by atoms with Crippen LogP contribution in [0.15, 0.2) is 12.4 Å². The van der Waals surface area contributed by atoms with Gasteiger partial charge in [0.2, 0.25) is 5.95 Å². The molecule has 1 fully saturated rings. The average Bonchev–Trinajstić information content (AvgIpc) is 2.64. The van der Waals surface area contributed by atoms with E-state index >= 15 is 0 Å². The smallest absolute Gasteiger partial charge is 0.332 e. The molecular formula is C18H29N5O3. The maximum absolute atomic E-state index is 11.5. The van der Waals surface area contributed by atoms with Crippen LogP contribution >= 0.6 is 0 Å². The van der Waals surface area contributed by atoms with Crippen LogP contribution in [-0.2, 0) is 9.63 Å². The molecule has 0 aliphatic carbocycles. The Hall–Kier alpha value is -2.22. The van der Waals surface area contributed by atoms with E-state index < -0.39 is 5.97 Å². The minimum atomic E-state index is -0.397. The number of carbonyl (C=O) groups is 1. The number of aliphatic hydroxyl groups is 1. The van der Waals surface area contributed by atoms with Crippen LogP contribution < -0.4 is 10.4 Å². The molecule has 2 rings (SSSR count). The number of piperidine rings is 1. The van der Waals surface area contributed by atoms with Gasteiger partial charge in [0.05, 0.1) is 12.0 Å². The summed E-state index contributed by atoms with van der Waals surface area (Å²) in [7, 11) is 0. The number of amidine groups is 1. The van der Waals surface area contributed by atoms with E-state index in [1.165, 1.54) is 0 Å². The Morgan fingerprint density at radius 3 is 2.62 bits per heavy atom. The lowest BCUT2D eigenvalue weighted by Crippen LogP contribution is -2.35. The van der Waals surface area contributed by atoms with Crippen molar-refractivity contribution in [3.05, 3.63) is 18.0 Å². The molecule has 144 valence electrons. The van der Waals surface area contributed by atoms with E-state index in [1.807, 2.05) is 13.8 Å². The van der Waals surface area contributed by atoms with Crippen molar-refractivity contribution in [3.8, 4) is 0 Å². The van der Waals surface area contributed by atoms with Gasteiger partial charge >= 0.3 is 5.97 Å². The fraction of sp³-hybridized carbons (Fsp3) is 0.667. The molecule has 8 nitrogen and oxygen atoms in total. The van der Waals surface area contributed by atoms with Gasteiger partial charge in [0.25, 0.3) is 0 Å². The molecule has 3 N–H and O–H groups in total. The topological polar surface area (TPSA) is 111 Å². The molecule has 0 aromatic carbocycles. The van der Waals surface area contributed by atoms with E-state index in [-0.39, 0.29) is 18.4 Å². The first kappa shape index (κ1) is 20.1. The van der Waals surface area contributed by atoms with Crippen molar-refractivity contribution in [2.24, 2.45) is 11.8 Å². The zero-order valence-electron chi connectivity index (χ0n) is 15.6. The lowest BCUT2D eigenvalue weighted by molar-refractivity contribution is -0.148. The summed E-state index contributed by atoms with van der Waals surface area (Å²) < 4.78 is 0. The molecule has 0 radical (unpaired) electrons. The zero-order valence-corrected chi connectivity index (χ0v) is 15.6. The van der Waals surface area contributed by atoms with Gasteiger partial charge in [-0.05, 0) is 37.5 Å². The van der Waals surface area contributed by atoms with Crippen LogP contribution in [0.3, 0.4) is 0 Å². The van der Waals surface area contributed by atoms with Crippen LogP contribution in [0.4, 0.5) is 5.95 Å². The highest BCUT2D eigenvalue weighted by Crippen LogP contribution is 2.23. The first-order chi connectivity index (χ1) is 12.5. The van der Waals surface area contributed by atoms with Crippen LogP contribution in [0.2, 0.25) is 0 Å². The molecule has 0 atom stereocenters. The van der Waals surface area contributed by atoms with Crippen molar-refractivity contribution in [2.75, 3.05) is 24.6 Å². The number of nitrogens with zero attached hydrogens (tertiary/aromatic N) is 3. The molecule has 1 aromatic heterocycles. The predicted molar refractivity (Wildman–Crippen MR) is 98.8 cm³/mol. The fourth-order valence-electron chi connectivity index (χ4n) is 2.96. The molecule has 0 saturated carbocycles. The van der Waals surface area contributed by atoms with Crippen molar-refractivity contribution >= 4 is 17.8 Å². The highest BCUT2D eigenvalue weighted by molar-refractivity contribution is 5.95. The summed E-state index contributed by atoms with van der Waals surface area (Å²) in [6.07, 6.45) is 7.51. The van der Waals surface area contributed by atoms with Crippen molar-refractivity contribution in [2.45, 2.75) is 46.0 Å². The van der Waals surface area contributed by atoms with Gasteiger partial charge in [-0.1, -0.05) is 13.8 Å². The Kier molecular flexibility index (Phi) is 7.77. The number of hydrogen-bond acceptors (Lipinski definition) is 7. The number of nitrogens with one attached hydrogen (secondary N) is 2. The first-order valence-electron chi connectivity index (χ1n) is 9.22. The van der Waals surface area contributed by atoms with Gasteiger partial charge in [0.1, 0.15) is 0 Å². The minimum Gasteiger partial charge on any atom is -0.396 e. The van der Waals surface area contributed by atoms with Crippen molar-refractivity contribution < 1.29 is 14.7 Å². The highest BCUT2D eigenvalue weighted by Gasteiger charge is 2.20. The van der Waals surface area contributed by atoms with Crippen LogP contribution in [-0.4, -0.2) is 46.6 Å². The molecule has 0 amide bonds. The molecule has 0 unspecified atom stereocenters.